The predicted octanol–water partition coefficient (Wildman–Crippen LogP) is 4.35. The normalized spacial score (nSPS) is 20.1. The third-order valence-electron chi connectivity index (χ3n) is 4.14. The van der Waals surface area contributed by atoms with E-state index in [1.807, 2.05) is 12.1 Å². The number of aromatic carboxylic acids is 1. The van der Waals surface area contributed by atoms with Gasteiger partial charge in [0.05, 0.1) is 5.56 Å². The van der Waals surface area contributed by atoms with E-state index >= 15 is 0 Å². The van der Waals surface area contributed by atoms with Gasteiger partial charge in [-0.3, -0.25) is 0 Å². The molecule has 20 heavy (non-hydrogen) atoms. The third kappa shape index (κ3) is 3.09. The second-order valence-corrected chi connectivity index (χ2v) is 6.67. The number of carbonyl (C=O) groups is 1. The lowest BCUT2D eigenvalue weighted by atomic mass is 9.79. The van der Waals surface area contributed by atoms with Crippen LogP contribution in [0.25, 0.3) is 0 Å². The Hall–Kier alpha value is -1.22. The molecule has 1 aromatic carbocycles. The summed E-state index contributed by atoms with van der Waals surface area (Å²) in [7, 11) is 0. The van der Waals surface area contributed by atoms with Gasteiger partial charge in [0.2, 0.25) is 0 Å². The van der Waals surface area contributed by atoms with Gasteiger partial charge in [0.15, 0.2) is 0 Å². The van der Waals surface area contributed by atoms with Gasteiger partial charge in [-0.1, -0.05) is 6.07 Å². The van der Waals surface area contributed by atoms with Gasteiger partial charge >= 0.3 is 5.97 Å². The van der Waals surface area contributed by atoms with Gasteiger partial charge in [-0.15, -0.1) is 12.4 Å². The molecule has 4 heteroatoms. The molecular weight excluding hydrogens is 274 g/mol. The minimum atomic E-state index is -0.866. The van der Waals surface area contributed by atoms with Gasteiger partial charge in [-0.25, -0.2) is 4.79 Å². The van der Waals surface area contributed by atoms with E-state index in [0.29, 0.717) is 5.56 Å². The molecule has 0 atom stereocenters. The van der Waals surface area contributed by atoms with Crippen molar-refractivity contribution >= 4 is 24.1 Å². The van der Waals surface area contributed by atoms with Crippen molar-refractivity contribution in [1.82, 2.24) is 0 Å². The lowest BCUT2D eigenvalue weighted by molar-refractivity contribution is 0.0696. The first-order valence-electron chi connectivity index (χ1n) is 6.88. The first-order valence-corrected chi connectivity index (χ1v) is 6.88. The van der Waals surface area contributed by atoms with Crippen LogP contribution in [0, 0.1) is 0 Å². The smallest absolute Gasteiger partial charge is 0.335 e. The number of carboxylic acid groups (broad SMARTS) is 1. The number of rotatable bonds is 2. The standard InChI is InChI=1S/C16H23NO2.ClH/c1-15(2)9-6-10-16(3,4)17(15)13-8-5-7-12(11-13)14(18)19;/h5,7-8,11H,6,9-10H2,1-4H3,(H,18,19);1H. The number of hydrogen-bond acceptors (Lipinski definition) is 2. The molecule has 0 aliphatic carbocycles. The highest BCUT2D eigenvalue weighted by molar-refractivity contribution is 5.89. The van der Waals surface area contributed by atoms with Crippen LogP contribution >= 0.6 is 12.4 Å². The molecule has 0 bridgehead atoms. The molecule has 1 aliphatic rings. The van der Waals surface area contributed by atoms with Crippen LogP contribution in [0.15, 0.2) is 24.3 Å². The maximum absolute atomic E-state index is 11.1. The van der Waals surface area contributed by atoms with Crippen LogP contribution in [0.3, 0.4) is 0 Å². The van der Waals surface area contributed by atoms with Crippen LogP contribution in [0.4, 0.5) is 5.69 Å². The molecule has 1 fully saturated rings. The Labute approximate surface area is 127 Å². The van der Waals surface area contributed by atoms with Gasteiger partial charge in [0.25, 0.3) is 0 Å². The van der Waals surface area contributed by atoms with Crippen molar-refractivity contribution < 1.29 is 9.90 Å². The fourth-order valence-electron chi connectivity index (χ4n) is 3.47. The molecule has 0 unspecified atom stereocenters. The molecule has 0 radical (unpaired) electrons. The van der Waals surface area contributed by atoms with Crippen molar-refractivity contribution in [3.05, 3.63) is 29.8 Å². The first-order chi connectivity index (χ1) is 8.74. The molecule has 1 N–H and O–H groups in total. The van der Waals surface area contributed by atoms with Crippen molar-refractivity contribution in [1.29, 1.82) is 0 Å². The topological polar surface area (TPSA) is 40.5 Å². The average Bonchev–Trinajstić information content (AvgIpc) is 2.26. The molecule has 112 valence electrons. The Balaban J connectivity index is 0.00000200. The second kappa shape index (κ2) is 5.65. The zero-order chi connectivity index (χ0) is 14.3. The van der Waals surface area contributed by atoms with E-state index in [2.05, 4.69) is 32.6 Å². The largest absolute Gasteiger partial charge is 0.478 e. The molecule has 0 aromatic heterocycles. The number of halogens is 1. The Kier molecular flexibility index (Phi) is 4.75. The van der Waals surface area contributed by atoms with Crippen molar-refractivity contribution in [2.75, 3.05) is 4.90 Å². The van der Waals surface area contributed by atoms with Gasteiger partial charge in [-0.05, 0) is 65.2 Å². The van der Waals surface area contributed by atoms with Gasteiger partial charge in [0.1, 0.15) is 0 Å². The summed E-state index contributed by atoms with van der Waals surface area (Å²) in [5.41, 5.74) is 1.47. The predicted molar refractivity (Wildman–Crippen MR) is 85.1 cm³/mol. The van der Waals surface area contributed by atoms with Crippen molar-refractivity contribution in [3.63, 3.8) is 0 Å². The van der Waals surface area contributed by atoms with Crippen LogP contribution in [-0.4, -0.2) is 22.2 Å². The van der Waals surface area contributed by atoms with Crippen molar-refractivity contribution in [2.24, 2.45) is 0 Å². The van der Waals surface area contributed by atoms with E-state index in [9.17, 15) is 4.79 Å². The van der Waals surface area contributed by atoms with E-state index < -0.39 is 5.97 Å². The quantitative estimate of drug-likeness (QED) is 0.882. The fraction of sp³-hybridized carbons (Fsp3) is 0.562. The number of hydrogen-bond donors (Lipinski definition) is 1. The average molecular weight is 298 g/mol. The molecular formula is C16H24ClNO2. The van der Waals surface area contributed by atoms with Crippen molar-refractivity contribution in [2.45, 2.75) is 58.0 Å². The summed E-state index contributed by atoms with van der Waals surface area (Å²) in [5, 5.41) is 9.15. The van der Waals surface area contributed by atoms with E-state index in [-0.39, 0.29) is 23.5 Å². The van der Waals surface area contributed by atoms with E-state index in [1.54, 1.807) is 12.1 Å². The second-order valence-electron chi connectivity index (χ2n) is 6.67. The van der Waals surface area contributed by atoms with Gasteiger partial charge < -0.3 is 10.0 Å². The summed E-state index contributed by atoms with van der Waals surface area (Å²) < 4.78 is 0. The van der Waals surface area contributed by atoms with Crippen LogP contribution in [0.5, 0.6) is 0 Å². The summed E-state index contributed by atoms with van der Waals surface area (Å²) in [6, 6.07) is 7.29. The van der Waals surface area contributed by atoms with Crippen molar-refractivity contribution in [3.8, 4) is 0 Å². The molecule has 3 nitrogen and oxygen atoms in total. The van der Waals surface area contributed by atoms with Crippen LogP contribution < -0.4 is 4.90 Å². The van der Waals surface area contributed by atoms with Gasteiger partial charge in [0, 0.05) is 16.8 Å². The maximum atomic E-state index is 11.1. The zero-order valence-electron chi connectivity index (χ0n) is 12.6. The maximum Gasteiger partial charge on any atom is 0.335 e. The highest BCUT2D eigenvalue weighted by Gasteiger charge is 2.41. The molecule has 1 aromatic rings. The number of carboxylic acids is 1. The highest BCUT2D eigenvalue weighted by atomic mass is 35.5. The lowest BCUT2D eigenvalue weighted by Crippen LogP contribution is -2.59. The SMILES string of the molecule is CC1(C)CCCC(C)(C)N1c1cccc(C(=O)O)c1.Cl. The number of benzene rings is 1. The molecule has 0 spiro atoms. The molecule has 2 rings (SSSR count). The van der Waals surface area contributed by atoms with E-state index in [0.717, 1.165) is 18.5 Å². The third-order valence-corrected chi connectivity index (χ3v) is 4.14. The number of piperidine rings is 1. The minimum absolute atomic E-state index is 0. The van der Waals surface area contributed by atoms with E-state index in [1.165, 1.54) is 6.42 Å². The summed E-state index contributed by atoms with van der Waals surface area (Å²) in [6.07, 6.45) is 3.48. The summed E-state index contributed by atoms with van der Waals surface area (Å²) in [5.74, 6) is -0.866. The van der Waals surface area contributed by atoms with Gasteiger partial charge in [-0.2, -0.15) is 0 Å². The molecule has 0 amide bonds. The number of anilines is 1. The van der Waals surface area contributed by atoms with Crippen LogP contribution in [-0.2, 0) is 0 Å². The highest BCUT2D eigenvalue weighted by Crippen LogP contribution is 2.41. The molecule has 1 aliphatic heterocycles. The minimum Gasteiger partial charge on any atom is -0.478 e. The summed E-state index contributed by atoms with van der Waals surface area (Å²) in [6.45, 7) is 8.95. The summed E-state index contributed by atoms with van der Waals surface area (Å²) >= 11 is 0. The number of nitrogens with zero attached hydrogens (tertiary/aromatic N) is 1. The van der Waals surface area contributed by atoms with E-state index in [4.69, 9.17) is 5.11 Å². The zero-order valence-corrected chi connectivity index (χ0v) is 13.5. The Morgan fingerprint density at radius 3 is 2.20 bits per heavy atom. The fourth-order valence-corrected chi connectivity index (χ4v) is 3.47. The molecule has 0 saturated carbocycles. The molecule has 1 saturated heterocycles. The first kappa shape index (κ1) is 16.8. The Bertz CT molecular complexity index is 481. The van der Waals surface area contributed by atoms with Crippen LogP contribution in [0.1, 0.15) is 57.3 Å². The lowest BCUT2D eigenvalue weighted by Gasteiger charge is -2.54. The summed E-state index contributed by atoms with van der Waals surface area (Å²) in [4.78, 5) is 13.5. The Morgan fingerprint density at radius 2 is 1.70 bits per heavy atom. The molecule has 1 heterocycles. The monoisotopic (exact) mass is 297 g/mol. The van der Waals surface area contributed by atoms with Crippen LogP contribution in [0.2, 0.25) is 0 Å². The Morgan fingerprint density at radius 1 is 1.15 bits per heavy atom.